The summed E-state index contributed by atoms with van der Waals surface area (Å²) < 4.78 is 0. The number of carbonyl (C=O) groups is 10. The minimum Gasteiger partial charge on any atom is -0.481 e. The molecule has 300 valence electrons. The van der Waals surface area contributed by atoms with Crippen molar-refractivity contribution < 1.29 is 73.5 Å². The van der Waals surface area contributed by atoms with Crippen LogP contribution in [0.1, 0.15) is 52.4 Å². The molecule has 0 bridgehead atoms. The number of hydrogen-bond acceptors (Lipinski definition) is 14. The fourth-order valence-corrected chi connectivity index (χ4v) is 4.51. The van der Waals surface area contributed by atoms with Crippen molar-refractivity contribution in [3.63, 3.8) is 0 Å². The van der Waals surface area contributed by atoms with Gasteiger partial charge in [-0.25, -0.2) is 4.79 Å². The van der Waals surface area contributed by atoms with Gasteiger partial charge in [-0.1, -0.05) is 20.3 Å². The molecular formula is C29H48N8O15S. The molecule has 0 radical (unpaired) electrons. The number of hydrogen-bond donors (Lipinski definition) is 14. The van der Waals surface area contributed by atoms with Gasteiger partial charge in [0.2, 0.25) is 41.4 Å². The van der Waals surface area contributed by atoms with Crippen molar-refractivity contribution in [2.45, 2.75) is 94.7 Å². The molecule has 15 N–H and O–H groups in total. The molecule has 0 saturated carbocycles. The van der Waals surface area contributed by atoms with Gasteiger partial charge >= 0.3 is 17.9 Å². The highest BCUT2D eigenvalue weighted by Gasteiger charge is 2.35. The first-order chi connectivity index (χ1) is 24.7. The minimum atomic E-state index is -1.88. The summed E-state index contributed by atoms with van der Waals surface area (Å²) >= 11 is 3.91. The van der Waals surface area contributed by atoms with Crippen molar-refractivity contribution in [3.8, 4) is 0 Å². The van der Waals surface area contributed by atoms with E-state index in [4.69, 9.17) is 16.6 Å². The van der Waals surface area contributed by atoms with E-state index in [0.29, 0.717) is 6.42 Å². The van der Waals surface area contributed by atoms with Gasteiger partial charge in [-0.2, -0.15) is 12.6 Å². The molecule has 53 heavy (non-hydrogen) atoms. The van der Waals surface area contributed by atoms with E-state index in [1.807, 2.05) is 5.32 Å². The Morgan fingerprint density at radius 2 is 1.06 bits per heavy atom. The Labute approximate surface area is 308 Å². The van der Waals surface area contributed by atoms with Crippen LogP contribution in [-0.2, 0) is 47.9 Å². The lowest BCUT2D eigenvalue weighted by Crippen LogP contribution is -2.61. The lowest BCUT2D eigenvalue weighted by Gasteiger charge is -2.28. The zero-order valence-corrected chi connectivity index (χ0v) is 29.8. The highest BCUT2D eigenvalue weighted by atomic mass is 32.1. The van der Waals surface area contributed by atoms with Crippen LogP contribution in [-0.4, -0.2) is 146 Å². The summed E-state index contributed by atoms with van der Waals surface area (Å²) in [7, 11) is 0. The molecule has 0 rings (SSSR count). The number of amides is 7. The van der Waals surface area contributed by atoms with Crippen LogP contribution >= 0.6 is 12.6 Å². The molecule has 0 aliphatic rings. The third kappa shape index (κ3) is 17.8. The Hall–Kier alpha value is -5.07. The number of nitrogens with two attached hydrogens (primary N) is 2. The SMILES string of the molecule is CC[C@H](C)[C@H](NC(=O)[C@@H](N)CO)C(=O)N[C@@H](CCC(=O)O)C(=O)N[C@@H](CCC(N)=O)C(=O)N[C@@H](CO)C(=O)N[C@@H](CS)C(=O)N[C@@H](CC(=O)O)C(=O)O. The largest absolute Gasteiger partial charge is 0.481 e. The predicted octanol–water partition coefficient (Wildman–Crippen LogP) is -6.13. The van der Waals surface area contributed by atoms with Crippen LogP contribution in [0.3, 0.4) is 0 Å². The molecule has 0 aromatic heterocycles. The Kier molecular flexibility index (Phi) is 21.9. The summed E-state index contributed by atoms with van der Waals surface area (Å²) in [6.07, 6.45) is -2.88. The topological polar surface area (TPSA) is 396 Å². The van der Waals surface area contributed by atoms with E-state index in [1.165, 1.54) is 0 Å². The Morgan fingerprint density at radius 3 is 1.49 bits per heavy atom. The van der Waals surface area contributed by atoms with Gasteiger partial charge in [-0.3, -0.25) is 43.2 Å². The number of rotatable bonds is 26. The van der Waals surface area contributed by atoms with Crippen LogP contribution in [0.2, 0.25) is 0 Å². The maximum atomic E-state index is 13.4. The first-order valence-electron chi connectivity index (χ1n) is 16.1. The normalized spacial score (nSPS) is 15.4. The quantitative estimate of drug-likeness (QED) is 0.0363. The Balaban J connectivity index is 6.16. The monoisotopic (exact) mass is 780 g/mol. The van der Waals surface area contributed by atoms with Gasteiger partial charge in [0.25, 0.3) is 0 Å². The first-order valence-corrected chi connectivity index (χ1v) is 16.7. The van der Waals surface area contributed by atoms with Gasteiger partial charge < -0.3 is 68.9 Å². The van der Waals surface area contributed by atoms with E-state index in [0.717, 1.165) is 0 Å². The van der Waals surface area contributed by atoms with Crippen molar-refractivity contribution in [1.29, 1.82) is 0 Å². The fraction of sp³-hybridized carbons (Fsp3) is 0.655. The summed E-state index contributed by atoms with van der Waals surface area (Å²) in [5.41, 5.74) is 10.7. The minimum absolute atomic E-state index is 0.334. The van der Waals surface area contributed by atoms with Gasteiger partial charge in [0, 0.05) is 18.6 Å². The van der Waals surface area contributed by atoms with E-state index < -0.39 is 159 Å². The summed E-state index contributed by atoms with van der Waals surface area (Å²) in [6.45, 7) is 1.41. The van der Waals surface area contributed by atoms with Crippen molar-refractivity contribution in [1.82, 2.24) is 31.9 Å². The third-order valence-corrected chi connectivity index (χ3v) is 7.91. The van der Waals surface area contributed by atoms with Crippen molar-refractivity contribution in [2.75, 3.05) is 19.0 Å². The van der Waals surface area contributed by atoms with E-state index in [9.17, 15) is 68.4 Å². The summed E-state index contributed by atoms with van der Waals surface area (Å²) in [6, 6.07) is -11.4. The van der Waals surface area contributed by atoms with Crippen LogP contribution in [0.4, 0.5) is 0 Å². The number of carbonyl (C=O) groups excluding carboxylic acids is 7. The molecule has 8 atom stereocenters. The molecule has 0 saturated heterocycles. The summed E-state index contributed by atoms with van der Waals surface area (Å²) in [4.78, 5) is 123. The highest BCUT2D eigenvalue weighted by Crippen LogP contribution is 2.11. The van der Waals surface area contributed by atoms with Crippen LogP contribution in [0.25, 0.3) is 0 Å². The number of aliphatic carboxylic acids is 3. The number of nitrogens with one attached hydrogen (secondary N) is 6. The van der Waals surface area contributed by atoms with Crippen molar-refractivity contribution in [3.05, 3.63) is 0 Å². The van der Waals surface area contributed by atoms with E-state index in [2.05, 4.69) is 39.2 Å². The van der Waals surface area contributed by atoms with Crippen LogP contribution in [0.5, 0.6) is 0 Å². The molecule has 0 fully saturated rings. The molecule has 0 heterocycles. The standard InChI is InChI=1S/C29H48N8O15S/c1-3-12(2)22(37-23(45)13(30)9-38)28(50)33-15(5-7-20(41)42)24(46)32-14(4-6-19(31)40)25(47)35-17(10-39)26(48)36-18(11-53)27(49)34-16(29(51)52)8-21(43)44/h12-18,22,38-39,53H,3-11,30H2,1-2H3,(H2,31,40)(H,32,46)(H,33,50)(H,34,49)(H,35,47)(H,36,48)(H,37,45)(H,41,42)(H,43,44)(H,51,52)/t12-,13-,14-,15-,16-,17-,18-,22-/m0/s1. The lowest BCUT2D eigenvalue weighted by atomic mass is 9.97. The number of carboxylic acids is 3. The van der Waals surface area contributed by atoms with Gasteiger partial charge in [0.15, 0.2) is 0 Å². The average Bonchev–Trinajstić information content (AvgIpc) is 3.09. The molecule has 0 aromatic rings. The molecule has 0 unspecified atom stereocenters. The second kappa shape index (κ2) is 24.2. The molecule has 23 nitrogen and oxygen atoms in total. The van der Waals surface area contributed by atoms with Crippen LogP contribution in [0.15, 0.2) is 0 Å². The number of primary amides is 1. The Morgan fingerprint density at radius 1 is 0.604 bits per heavy atom. The van der Waals surface area contributed by atoms with Gasteiger partial charge in [0.05, 0.1) is 19.6 Å². The van der Waals surface area contributed by atoms with Crippen molar-refractivity contribution >= 4 is 71.9 Å². The molecule has 0 spiro atoms. The zero-order chi connectivity index (χ0) is 41.0. The fourth-order valence-electron chi connectivity index (χ4n) is 4.25. The average molecular weight is 781 g/mol. The highest BCUT2D eigenvalue weighted by molar-refractivity contribution is 7.80. The molecule has 0 aliphatic carbocycles. The smallest absolute Gasteiger partial charge is 0.326 e. The molecule has 24 heteroatoms. The van der Waals surface area contributed by atoms with Crippen LogP contribution < -0.4 is 43.4 Å². The van der Waals surface area contributed by atoms with Crippen LogP contribution in [0, 0.1) is 5.92 Å². The molecule has 0 aromatic carbocycles. The number of aliphatic hydroxyl groups is 2. The first kappa shape index (κ1) is 47.9. The number of carboxylic acid groups (broad SMARTS) is 3. The summed E-state index contributed by atoms with van der Waals surface area (Å²) in [5, 5.41) is 59.4. The lowest BCUT2D eigenvalue weighted by molar-refractivity contribution is -0.147. The van der Waals surface area contributed by atoms with E-state index in [1.54, 1.807) is 13.8 Å². The molecule has 0 aliphatic heterocycles. The van der Waals surface area contributed by atoms with E-state index in [-0.39, 0.29) is 0 Å². The zero-order valence-electron chi connectivity index (χ0n) is 28.9. The molecule has 7 amide bonds. The second-order valence-electron chi connectivity index (χ2n) is 11.7. The maximum Gasteiger partial charge on any atom is 0.326 e. The van der Waals surface area contributed by atoms with E-state index >= 15 is 0 Å². The number of thiol groups is 1. The third-order valence-electron chi connectivity index (χ3n) is 7.54. The maximum absolute atomic E-state index is 13.4. The predicted molar refractivity (Wildman–Crippen MR) is 182 cm³/mol. The van der Waals surface area contributed by atoms with Gasteiger partial charge in [-0.15, -0.1) is 0 Å². The number of aliphatic hydroxyl groups excluding tert-OH is 2. The van der Waals surface area contributed by atoms with Gasteiger partial charge in [0.1, 0.15) is 42.3 Å². The Bertz CT molecular complexity index is 1350. The molecular weight excluding hydrogens is 732 g/mol. The summed E-state index contributed by atoms with van der Waals surface area (Å²) in [5.74, 6) is -13.1. The van der Waals surface area contributed by atoms with Gasteiger partial charge in [-0.05, 0) is 18.8 Å². The van der Waals surface area contributed by atoms with Crippen molar-refractivity contribution in [2.24, 2.45) is 17.4 Å². The second-order valence-corrected chi connectivity index (χ2v) is 12.1.